The molecule has 2 heterocycles. The molecule has 7 heteroatoms. The van der Waals surface area contributed by atoms with Gasteiger partial charge in [0.15, 0.2) is 6.54 Å². The van der Waals surface area contributed by atoms with Crippen LogP contribution in [0.5, 0.6) is 0 Å². The summed E-state index contributed by atoms with van der Waals surface area (Å²) in [6, 6.07) is 27.0. The largest absolute Gasteiger partial charge is 1.00 e. The topological polar surface area (TPSA) is 7.12 Å². The van der Waals surface area contributed by atoms with Crippen molar-refractivity contribution in [2.75, 3.05) is 35.5 Å². The molecular formula is C35H37IN2S4. The van der Waals surface area contributed by atoms with Crippen LogP contribution in [0.2, 0.25) is 0 Å². The lowest BCUT2D eigenvalue weighted by molar-refractivity contribution is -0.668. The number of hydrogen-bond acceptors (Lipinski definition) is 5. The van der Waals surface area contributed by atoms with Gasteiger partial charge in [0.2, 0.25) is 5.52 Å². The van der Waals surface area contributed by atoms with Gasteiger partial charge in [-0.1, -0.05) is 78.6 Å². The summed E-state index contributed by atoms with van der Waals surface area (Å²) in [6.07, 6.45) is 12.7. The van der Waals surface area contributed by atoms with Gasteiger partial charge in [-0.05, 0) is 88.3 Å². The van der Waals surface area contributed by atoms with Crippen LogP contribution in [-0.2, 0) is 6.54 Å². The van der Waals surface area contributed by atoms with Crippen molar-refractivity contribution < 1.29 is 28.5 Å². The molecule has 1 aromatic heterocycles. The van der Waals surface area contributed by atoms with Gasteiger partial charge in [0.25, 0.3) is 5.01 Å². The Labute approximate surface area is 284 Å². The first-order chi connectivity index (χ1) is 20.2. The van der Waals surface area contributed by atoms with E-state index in [1.807, 2.05) is 46.6 Å². The molecule has 0 N–H and O–H groups in total. The highest BCUT2D eigenvalue weighted by atomic mass is 127. The Bertz CT molecular complexity index is 1760. The molecule has 5 aromatic rings. The molecule has 0 saturated carbocycles. The first-order valence-corrected chi connectivity index (χ1v) is 18.8. The Morgan fingerprint density at radius 3 is 2.19 bits per heavy atom. The Balaban J connectivity index is 0.00000353. The second-order valence-corrected chi connectivity index (χ2v) is 14.5. The van der Waals surface area contributed by atoms with Crippen LogP contribution in [0.3, 0.4) is 0 Å². The number of allylic oxidation sites excluding steroid dienone is 2. The third kappa shape index (κ3) is 6.85. The molecule has 1 aliphatic heterocycles. The maximum absolute atomic E-state index is 2.57. The number of aromatic nitrogens is 1. The maximum Gasteiger partial charge on any atom is 0.263 e. The number of thiazole rings is 1. The Kier molecular flexibility index (Phi) is 11.3. The molecule has 1 aliphatic rings. The summed E-state index contributed by atoms with van der Waals surface area (Å²) in [4.78, 5) is 3.94. The van der Waals surface area contributed by atoms with Gasteiger partial charge < -0.3 is 28.9 Å². The molecule has 0 atom stereocenters. The smallest absolute Gasteiger partial charge is 0.263 e. The summed E-state index contributed by atoms with van der Waals surface area (Å²) < 4.78 is 3.94. The quantitative estimate of drug-likeness (QED) is 0.0801. The minimum absolute atomic E-state index is 0. The van der Waals surface area contributed by atoms with E-state index in [0.29, 0.717) is 0 Å². The highest BCUT2D eigenvalue weighted by Crippen LogP contribution is 2.48. The lowest BCUT2D eigenvalue weighted by atomic mass is 10.1. The van der Waals surface area contributed by atoms with Crippen molar-refractivity contribution >= 4 is 90.1 Å². The van der Waals surface area contributed by atoms with Crippen molar-refractivity contribution in [3.8, 4) is 0 Å². The van der Waals surface area contributed by atoms with Gasteiger partial charge in [0, 0.05) is 30.0 Å². The zero-order valence-corrected chi connectivity index (χ0v) is 29.9. The molecule has 0 amide bonds. The van der Waals surface area contributed by atoms with Crippen molar-refractivity contribution in [2.45, 2.75) is 37.6 Å². The highest BCUT2D eigenvalue weighted by Gasteiger charge is 2.26. The van der Waals surface area contributed by atoms with Gasteiger partial charge in [-0.25, -0.2) is 0 Å². The number of anilines is 1. The Morgan fingerprint density at radius 1 is 0.857 bits per heavy atom. The fourth-order valence-corrected chi connectivity index (χ4v) is 8.77. The van der Waals surface area contributed by atoms with E-state index in [1.165, 1.54) is 82.3 Å². The van der Waals surface area contributed by atoms with Crippen molar-refractivity contribution in [3.05, 3.63) is 94.5 Å². The summed E-state index contributed by atoms with van der Waals surface area (Å²) >= 11 is 7.74. The molecule has 0 aliphatic carbocycles. The summed E-state index contributed by atoms with van der Waals surface area (Å²) in [5.74, 6) is 2.36. The zero-order valence-electron chi connectivity index (χ0n) is 24.4. The van der Waals surface area contributed by atoms with Crippen LogP contribution in [-0.4, -0.2) is 30.6 Å². The van der Waals surface area contributed by atoms with Crippen LogP contribution >= 0.6 is 46.6 Å². The van der Waals surface area contributed by atoms with Crippen molar-refractivity contribution in [2.24, 2.45) is 0 Å². The fourth-order valence-electron chi connectivity index (χ4n) is 5.55. The third-order valence-electron chi connectivity index (χ3n) is 7.68. The molecule has 0 fully saturated rings. The van der Waals surface area contributed by atoms with E-state index >= 15 is 0 Å². The van der Waals surface area contributed by atoms with Gasteiger partial charge >= 0.3 is 0 Å². The summed E-state index contributed by atoms with van der Waals surface area (Å²) in [5.41, 5.74) is 4.10. The molecule has 0 saturated heterocycles. The standard InChI is InChI=1S/C35H37N2S4.HI/c1-4-25(19-34-36(15-9-17-38-2)30-21-26-11-5-7-13-28(26)23-32(30)40-34)20-35-37(16-10-18-39-3)31-22-27-12-6-8-14-29(27)24-33(31)41-35;/h5-8,11-14,19-24H,4,9-10,15-18H2,1-3H3;1H/q+1;/p-1. The van der Waals surface area contributed by atoms with E-state index in [0.717, 1.165) is 19.5 Å². The predicted octanol–water partition coefficient (Wildman–Crippen LogP) is 7.25. The first-order valence-electron chi connectivity index (χ1n) is 14.4. The van der Waals surface area contributed by atoms with Crippen LogP contribution in [0.1, 0.15) is 31.2 Å². The average Bonchev–Trinajstić information content (AvgIpc) is 3.50. The minimum Gasteiger partial charge on any atom is -1.00 e. The molecule has 218 valence electrons. The molecule has 6 rings (SSSR count). The van der Waals surface area contributed by atoms with Crippen LogP contribution in [0.15, 0.2) is 94.4 Å². The van der Waals surface area contributed by atoms with E-state index in [2.05, 4.69) is 114 Å². The van der Waals surface area contributed by atoms with E-state index in [4.69, 9.17) is 0 Å². The van der Waals surface area contributed by atoms with Crippen LogP contribution in [0.4, 0.5) is 5.69 Å². The number of thioether (sulfide) groups is 3. The Morgan fingerprint density at radius 2 is 1.50 bits per heavy atom. The number of aryl methyl sites for hydroxylation is 1. The molecule has 0 radical (unpaired) electrons. The second kappa shape index (κ2) is 14.9. The average molecular weight is 741 g/mol. The summed E-state index contributed by atoms with van der Waals surface area (Å²) in [7, 11) is 0. The lowest BCUT2D eigenvalue weighted by Crippen LogP contribution is -3.00. The van der Waals surface area contributed by atoms with Gasteiger partial charge in [-0.15, -0.1) is 0 Å². The molecule has 0 bridgehead atoms. The molecule has 0 spiro atoms. The second-order valence-electron chi connectivity index (χ2n) is 10.4. The highest BCUT2D eigenvalue weighted by molar-refractivity contribution is 8.03. The molecule has 4 aromatic carbocycles. The van der Waals surface area contributed by atoms with E-state index in [1.54, 1.807) is 0 Å². The van der Waals surface area contributed by atoms with Crippen LogP contribution in [0, 0.1) is 0 Å². The number of rotatable bonds is 11. The van der Waals surface area contributed by atoms with E-state index < -0.39 is 0 Å². The van der Waals surface area contributed by atoms with Crippen molar-refractivity contribution in [1.29, 1.82) is 0 Å². The number of fused-ring (bicyclic) bond motifs is 4. The van der Waals surface area contributed by atoms with E-state index in [9.17, 15) is 0 Å². The minimum atomic E-state index is 0. The fraction of sp³-hybridized carbons (Fsp3) is 0.286. The van der Waals surface area contributed by atoms with Gasteiger partial charge in [-0.3, -0.25) is 0 Å². The van der Waals surface area contributed by atoms with Crippen molar-refractivity contribution in [1.82, 2.24) is 0 Å². The molecule has 42 heavy (non-hydrogen) atoms. The third-order valence-corrected chi connectivity index (χ3v) is 11.3. The summed E-state index contributed by atoms with van der Waals surface area (Å²) in [6.45, 7) is 4.39. The zero-order chi connectivity index (χ0) is 28.2. The van der Waals surface area contributed by atoms with Crippen LogP contribution in [0.25, 0.3) is 37.8 Å². The SMILES string of the molecule is CCC(=C/c1sc2cc3ccccc3cc2[n+]1CCCSC)/C=C1/Sc2cc3ccccc3cc2N1CCCSC.[I-]. The summed E-state index contributed by atoms with van der Waals surface area (Å²) in [5, 5.41) is 7.98. The van der Waals surface area contributed by atoms with Crippen molar-refractivity contribution in [3.63, 3.8) is 0 Å². The van der Waals surface area contributed by atoms with E-state index in [-0.39, 0.29) is 24.0 Å². The molecular weight excluding hydrogens is 704 g/mol. The number of benzene rings is 4. The van der Waals surface area contributed by atoms with Crippen LogP contribution < -0.4 is 33.4 Å². The Hall–Kier alpha value is -1.65. The number of nitrogens with zero attached hydrogens (tertiary/aromatic N) is 2. The first kappa shape index (κ1) is 31.8. The predicted molar refractivity (Wildman–Crippen MR) is 189 cm³/mol. The lowest BCUT2D eigenvalue weighted by Gasteiger charge is -2.21. The van der Waals surface area contributed by atoms with Gasteiger partial charge in [0.05, 0.1) is 10.7 Å². The monoisotopic (exact) mass is 740 g/mol. The van der Waals surface area contributed by atoms with Gasteiger partial charge in [0.1, 0.15) is 4.70 Å². The molecule has 2 nitrogen and oxygen atoms in total. The normalized spacial score (nSPS) is 14.3. The van der Waals surface area contributed by atoms with Gasteiger partial charge in [-0.2, -0.15) is 28.1 Å². The molecule has 0 unspecified atom stereocenters. The number of hydrogen-bond donors (Lipinski definition) is 0. The maximum atomic E-state index is 2.57. The number of halogens is 1.